The molecule has 2 N–H and O–H groups in total. The summed E-state index contributed by atoms with van der Waals surface area (Å²) in [6.07, 6.45) is 5.90. The molecule has 0 aliphatic carbocycles. The Kier molecular flexibility index (Phi) is 8.45. The van der Waals surface area contributed by atoms with E-state index in [2.05, 4.69) is 31.2 Å². The third kappa shape index (κ3) is 8.47. The van der Waals surface area contributed by atoms with E-state index in [9.17, 15) is 9.59 Å². The molecule has 136 valence electrons. The van der Waals surface area contributed by atoms with Gasteiger partial charge in [-0.25, -0.2) is 9.78 Å². The summed E-state index contributed by atoms with van der Waals surface area (Å²) >= 11 is 3.33. The first-order chi connectivity index (χ1) is 11.2. The highest BCUT2D eigenvalue weighted by molar-refractivity contribution is 9.10. The number of Topliss-reactive ketones (excluding diaryl/α,β-unsaturated/α-hetero) is 1. The van der Waals surface area contributed by atoms with Crippen LogP contribution in [0.4, 0.5) is 4.79 Å². The van der Waals surface area contributed by atoms with Gasteiger partial charge in [0.05, 0.1) is 12.2 Å². The van der Waals surface area contributed by atoms with Crippen molar-refractivity contribution in [2.24, 2.45) is 0 Å². The molecule has 1 aromatic heterocycles. The highest BCUT2D eigenvalue weighted by Crippen LogP contribution is 2.20. The van der Waals surface area contributed by atoms with Gasteiger partial charge in [-0.05, 0) is 49.5 Å². The van der Waals surface area contributed by atoms with Crippen LogP contribution in [0.25, 0.3) is 0 Å². The number of nitrogens with one attached hydrogen (secondary N) is 2. The van der Waals surface area contributed by atoms with Crippen molar-refractivity contribution in [3.63, 3.8) is 0 Å². The van der Waals surface area contributed by atoms with Crippen LogP contribution in [-0.2, 0) is 9.53 Å². The maximum absolute atomic E-state index is 12.0. The third-order valence-corrected chi connectivity index (χ3v) is 3.83. The Hall–Kier alpha value is -1.37. The SMILES string of the molecule is CCC(=O)CCCCCC(NC(=O)OC(C)(C)C)c1ncc(Br)[nH]1. The predicted octanol–water partition coefficient (Wildman–Crippen LogP) is 4.67. The molecule has 0 aromatic carbocycles. The number of unbranched alkanes of at least 4 members (excludes halogenated alkanes) is 2. The fraction of sp³-hybridized carbons (Fsp3) is 0.706. The van der Waals surface area contributed by atoms with Crippen LogP contribution in [0.2, 0.25) is 0 Å². The number of amides is 1. The number of carbonyl (C=O) groups is 2. The first kappa shape index (κ1) is 20.7. The molecule has 0 bridgehead atoms. The predicted molar refractivity (Wildman–Crippen MR) is 96.8 cm³/mol. The number of ketones is 1. The minimum absolute atomic E-state index is 0.243. The standard InChI is InChI=1S/C17H28BrN3O3/c1-5-12(22)9-7-6-8-10-13(15-19-11-14(18)21-15)20-16(23)24-17(2,3)4/h11,13H,5-10H2,1-4H3,(H,19,21)(H,20,23). The molecule has 0 radical (unpaired) electrons. The number of aromatic nitrogens is 2. The number of H-pyrrole nitrogens is 1. The van der Waals surface area contributed by atoms with Gasteiger partial charge in [-0.15, -0.1) is 0 Å². The van der Waals surface area contributed by atoms with E-state index in [-0.39, 0.29) is 6.04 Å². The van der Waals surface area contributed by atoms with E-state index in [1.165, 1.54) is 0 Å². The highest BCUT2D eigenvalue weighted by Gasteiger charge is 2.22. The number of imidazole rings is 1. The molecule has 1 heterocycles. The molecule has 0 fully saturated rings. The van der Waals surface area contributed by atoms with Crippen molar-refractivity contribution in [1.82, 2.24) is 15.3 Å². The van der Waals surface area contributed by atoms with Crippen LogP contribution in [0.3, 0.4) is 0 Å². The molecule has 1 atom stereocenters. The van der Waals surface area contributed by atoms with E-state index >= 15 is 0 Å². The lowest BCUT2D eigenvalue weighted by Crippen LogP contribution is -2.35. The summed E-state index contributed by atoms with van der Waals surface area (Å²) in [7, 11) is 0. The van der Waals surface area contributed by atoms with Crippen molar-refractivity contribution < 1.29 is 14.3 Å². The number of carbonyl (C=O) groups excluding carboxylic acids is 2. The van der Waals surface area contributed by atoms with Gasteiger partial charge >= 0.3 is 6.09 Å². The van der Waals surface area contributed by atoms with Crippen molar-refractivity contribution in [2.75, 3.05) is 0 Å². The molecule has 1 rings (SSSR count). The van der Waals surface area contributed by atoms with Crippen LogP contribution >= 0.6 is 15.9 Å². The Bertz CT molecular complexity index is 537. The highest BCUT2D eigenvalue weighted by atomic mass is 79.9. The molecule has 0 saturated heterocycles. The molecule has 1 amide bonds. The number of hydrogen-bond donors (Lipinski definition) is 2. The monoisotopic (exact) mass is 401 g/mol. The minimum atomic E-state index is -0.543. The number of rotatable bonds is 9. The fourth-order valence-electron chi connectivity index (χ4n) is 2.24. The Labute approximate surface area is 152 Å². The van der Waals surface area contributed by atoms with Gasteiger partial charge in [-0.2, -0.15) is 0 Å². The molecule has 1 unspecified atom stereocenters. The van der Waals surface area contributed by atoms with Crippen molar-refractivity contribution in [3.8, 4) is 0 Å². The zero-order valence-corrected chi connectivity index (χ0v) is 16.5. The first-order valence-electron chi connectivity index (χ1n) is 8.43. The lowest BCUT2D eigenvalue weighted by molar-refractivity contribution is -0.118. The molecule has 0 saturated carbocycles. The van der Waals surface area contributed by atoms with Gasteiger partial charge in [0.2, 0.25) is 0 Å². The molecule has 1 aromatic rings. The second-order valence-corrected chi connectivity index (χ2v) is 7.66. The van der Waals surface area contributed by atoms with Crippen LogP contribution in [0, 0.1) is 0 Å². The zero-order chi connectivity index (χ0) is 18.2. The zero-order valence-electron chi connectivity index (χ0n) is 14.9. The van der Waals surface area contributed by atoms with E-state index in [4.69, 9.17) is 4.74 Å². The first-order valence-corrected chi connectivity index (χ1v) is 9.22. The van der Waals surface area contributed by atoms with Crippen molar-refractivity contribution >= 4 is 27.8 Å². The van der Waals surface area contributed by atoms with E-state index < -0.39 is 11.7 Å². The number of ether oxygens (including phenoxy) is 1. The van der Waals surface area contributed by atoms with Gasteiger partial charge in [0.15, 0.2) is 0 Å². The summed E-state index contributed by atoms with van der Waals surface area (Å²) < 4.78 is 6.09. The van der Waals surface area contributed by atoms with Crippen molar-refractivity contribution in [3.05, 3.63) is 16.6 Å². The Morgan fingerprint density at radius 2 is 2.04 bits per heavy atom. The second-order valence-electron chi connectivity index (χ2n) is 6.81. The third-order valence-electron chi connectivity index (χ3n) is 3.43. The van der Waals surface area contributed by atoms with Crippen LogP contribution in [0.5, 0.6) is 0 Å². The van der Waals surface area contributed by atoms with Gasteiger partial charge in [-0.1, -0.05) is 19.8 Å². The molecular weight excluding hydrogens is 374 g/mol. The summed E-state index contributed by atoms with van der Waals surface area (Å²) in [5.74, 6) is 0.991. The largest absolute Gasteiger partial charge is 0.444 e. The van der Waals surface area contributed by atoms with Gasteiger partial charge in [0, 0.05) is 12.8 Å². The van der Waals surface area contributed by atoms with Crippen LogP contribution < -0.4 is 5.32 Å². The van der Waals surface area contributed by atoms with Crippen LogP contribution in [0.15, 0.2) is 10.8 Å². The van der Waals surface area contributed by atoms with E-state index in [0.717, 1.165) is 30.3 Å². The van der Waals surface area contributed by atoms with E-state index in [1.807, 2.05) is 27.7 Å². The summed E-state index contributed by atoms with van der Waals surface area (Å²) in [6, 6.07) is -0.243. The molecule has 6 nitrogen and oxygen atoms in total. The molecule has 0 spiro atoms. The Morgan fingerprint density at radius 1 is 1.33 bits per heavy atom. The van der Waals surface area contributed by atoms with Gasteiger partial charge in [0.25, 0.3) is 0 Å². The molecular formula is C17H28BrN3O3. The number of aromatic amines is 1. The number of nitrogens with zero attached hydrogens (tertiary/aromatic N) is 1. The average molecular weight is 402 g/mol. The average Bonchev–Trinajstić information content (AvgIpc) is 2.90. The number of hydrogen-bond acceptors (Lipinski definition) is 4. The topological polar surface area (TPSA) is 84.1 Å². The summed E-state index contributed by atoms with van der Waals surface area (Å²) in [6.45, 7) is 7.37. The quantitative estimate of drug-likeness (QED) is 0.588. The summed E-state index contributed by atoms with van der Waals surface area (Å²) in [5, 5.41) is 2.87. The molecule has 7 heteroatoms. The van der Waals surface area contributed by atoms with Crippen molar-refractivity contribution in [2.45, 2.75) is 77.9 Å². The van der Waals surface area contributed by atoms with Gasteiger partial charge < -0.3 is 15.0 Å². The lowest BCUT2D eigenvalue weighted by Gasteiger charge is -2.23. The van der Waals surface area contributed by atoms with Gasteiger partial charge in [-0.3, -0.25) is 4.79 Å². The lowest BCUT2D eigenvalue weighted by atomic mass is 10.0. The fourth-order valence-corrected chi connectivity index (χ4v) is 2.55. The van der Waals surface area contributed by atoms with Gasteiger partial charge in [0.1, 0.15) is 21.8 Å². The molecule has 0 aliphatic rings. The second kappa shape index (κ2) is 9.81. The minimum Gasteiger partial charge on any atom is -0.444 e. The van der Waals surface area contributed by atoms with E-state index in [1.54, 1.807) is 6.20 Å². The van der Waals surface area contributed by atoms with E-state index in [0.29, 0.717) is 24.4 Å². The summed E-state index contributed by atoms with van der Waals surface area (Å²) in [4.78, 5) is 30.7. The maximum atomic E-state index is 12.0. The molecule has 0 aliphatic heterocycles. The number of halogens is 1. The van der Waals surface area contributed by atoms with Crippen LogP contribution in [0.1, 0.15) is 78.1 Å². The maximum Gasteiger partial charge on any atom is 0.408 e. The Balaban J connectivity index is 2.53. The molecule has 24 heavy (non-hydrogen) atoms. The van der Waals surface area contributed by atoms with Crippen LogP contribution in [-0.4, -0.2) is 27.4 Å². The number of alkyl carbamates (subject to hydrolysis) is 1. The normalized spacial score (nSPS) is 12.7. The smallest absolute Gasteiger partial charge is 0.408 e. The Morgan fingerprint density at radius 3 is 2.58 bits per heavy atom. The van der Waals surface area contributed by atoms with Crippen molar-refractivity contribution in [1.29, 1.82) is 0 Å². The summed E-state index contributed by atoms with van der Waals surface area (Å²) in [5.41, 5.74) is -0.543.